The van der Waals surface area contributed by atoms with E-state index in [1.165, 1.54) is 27.8 Å². The zero-order valence-corrected chi connectivity index (χ0v) is 21.4. The molecule has 0 aliphatic heterocycles. The average molecular weight is 499 g/mol. The van der Waals surface area contributed by atoms with E-state index < -0.39 is 0 Å². The summed E-state index contributed by atoms with van der Waals surface area (Å²) in [6, 6.07) is 55.4. The van der Waals surface area contributed by atoms with Gasteiger partial charge in [-0.25, -0.2) is 0 Å². The summed E-state index contributed by atoms with van der Waals surface area (Å²) >= 11 is 0. The summed E-state index contributed by atoms with van der Waals surface area (Å²) in [5.74, 6) is 1.79. The highest BCUT2D eigenvalue weighted by Gasteiger charge is 2.19. The lowest BCUT2D eigenvalue weighted by Crippen LogP contribution is -1.85. The van der Waals surface area contributed by atoms with Crippen molar-refractivity contribution in [2.24, 2.45) is 0 Å². The molecule has 0 spiro atoms. The van der Waals surface area contributed by atoms with E-state index in [2.05, 4.69) is 146 Å². The lowest BCUT2D eigenvalue weighted by Gasteiger charge is -2.10. The highest BCUT2D eigenvalue weighted by atomic mass is 16.3. The summed E-state index contributed by atoms with van der Waals surface area (Å²) in [4.78, 5) is 0. The number of hydrogen-bond acceptors (Lipinski definition) is 1. The third-order valence-corrected chi connectivity index (χ3v) is 7.33. The van der Waals surface area contributed by atoms with Crippen molar-refractivity contribution in [3.8, 4) is 56.0 Å². The zero-order valence-electron chi connectivity index (χ0n) is 21.4. The van der Waals surface area contributed by atoms with Crippen LogP contribution in [0.25, 0.3) is 66.8 Å². The quantitative estimate of drug-likeness (QED) is 0.230. The van der Waals surface area contributed by atoms with E-state index >= 15 is 0 Å². The van der Waals surface area contributed by atoms with E-state index in [-0.39, 0.29) is 0 Å². The van der Waals surface area contributed by atoms with Gasteiger partial charge in [-0.1, -0.05) is 152 Å². The summed E-state index contributed by atoms with van der Waals surface area (Å²) in [6.45, 7) is 0. The van der Waals surface area contributed by atoms with Crippen LogP contribution in [0.3, 0.4) is 0 Å². The van der Waals surface area contributed by atoms with Crippen LogP contribution in [-0.4, -0.2) is 0 Å². The molecule has 1 nitrogen and oxygen atoms in total. The third kappa shape index (κ3) is 4.35. The lowest BCUT2D eigenvalue weighted by molar-refractivity contribution is 0.602. The third-order valence-electron chi connectivity index (χ3n) is 7.33. The molecule has 0 radical (unpaired) electrons. The first-order valence-corrected chi connectivity index (χ1v) is 13.3. The Kier molecular flexibility index (Phi) is 5.88. The molecule has 0 saturated heterocycles. The second kappa shape index (κ2) is 9.96. The van der Waals surface area contributed by atoms with Crippen molar-refractivity contribution in [1.29, 1.82) is 0 Å². The Morgan fingerprint density at radius 1 is 0.282 bits per heavy atom. The molecule has 1 heteroatoms. The second-order valence-corrected chi connectivity index (χ2v) is 9.74. The molecule has 0 fully saturated rings. The Balaban J connectivity index is 1.35. The van der Waals surface area contributed by atoms with Gasteiger partial charge in [0.05, 0.1) is 0 Å². The zero-order chi connectivity index (χ0) is 26.0. The Morgan fingerprint density at radius 2 is 0.744 bits per heavy atom. The van der Waals surface area contributed by atoms with Gasteiger partial charge in [0.2, 0.25) is 0 Å². The largest absolute Gasteiger partial charge is 0.455 e. The predicted octanol–water partition coefficient (Wildman–Crippen LogP) is 10.8. The monoisotopic (exact) mass is 498 g/mol. The molecule has 0 amide bonds. The predicted molar refractivity (Wildman–Crippen MR) is 163 cm³/mol. The van der Waals surface area contributed by atoms with Gasteiger partial charge in [-0.15, -0.1) is 0 Å². The fraction of sp³-hybridized carbons (Fsp3) is 0. The van der Waals surface area contributed by atoms with Gasteiger partial charge < -0.3 is 4.42 Å². The molecule has 184 valence electrons. The van der Waals surface area contributed by atoms with Gasteiger partial charge in [-0.3, -0.25) is 0 Å². The van der Waals surface area contributed by atoms with Crippen LogP contribution in [0.15, 0.2) is 162 Å². The van der Waals surface area contributed by atoms with E-state index in [0.29, 0.717) is 0 Å². The molecule has 1 heterocycles. The molecule has 7 rings (SSSR count). The fourth-order valence-corrected chi connectivity index (χ4v) is 5.38. The van der Waals surface area contributed by atoms with Crippen molar-refractivity contribution in [3.63, 3.8) is 0 Å². The molecule has 0 atom stereocenters. The minimum absolute atomic E-state index is 0.896. The maximum atomic E-state index is 6.78. The van der Waals surface area contributed by atoms with Crippen LogP contribution in [0.1, 0.15) is 0 Å². The van der Waals surface area contributed by atoms with Gasteiger partial charge in [0, 0.05) is 21.9 Å². The molecule has 0 unspecified atom stereocenters. The van der Waals surface area contributed by atoms with Crippen LogP contribution < -0.4 is 0 Å². The van der Waals surface area contributed by atoms with Gasteiger partial charge in [0.25, 0.3) is 0 Å². The number of benzene rings is 6. The maximum Gasteiger partial charge on any atom is 0.143 e. The minimum atomic E-state index is 0.896. The Hall–Kier alpha value is -5.14. The Bertz CT molecular complexity index is 1880. The Morgan fingerprint density at radius 3 is 1.44 bits per heavy atom. The number of rotatable bonds is 5. The van der Waals surface area contributed by atoms with Crippen LogP contribution >= 0.6 is 0 Å². The summed E-state index contributed by atoms with van der Waals surface area (Å²) in [5.41, 5.74) is 9.28. The van der Waals surface area contributed by atoms with Crippen LogP contribution in [-0.2, 0) is 0 Å². The van der Waals surface area contributed by atoms with Gasteiger partial charge in [-0.2, -0.15) is 0 Å². The molecule has 0 aliphatic rings. The van der Waals surface area contributed by atoms with Crippen LogP contribution in [0.4, 0.5) is 0 Å². The molecule has 7 aromatic rings. The first-order chi connectivity index (χ1) is 19.3. The Labute approximate surface area is 228 Å². The van der Waals surface area contributed by atoms with E-state index in [0.717, 1.165) is 39.0 Å². The van der Waals surface area contributed by atoms with Crippen LogP contribution in [0.2, 0.25) is 0 Å². The van der Waals surface area contributed by atoms with E-state index in [9.17, 15) is 0 Å². The first-order valence-electron chi connectivity index (χ1n) is 13.3. The van der Waals surface area contributed by atoms with Crippen molar-refractivity contribution >= 4 is 10.8 Å². The van der Waals surface area contributed by atoms with Crippen molar-refractivity contribution in [2.45, 2.75) is 0 Å². The molecule has 0 bridgehead atoms. The average Bonchev–Trinajstić information content (AvgIpc) is 3.42. The van der Waals surface area contributed by atoms with Crippen molar-refractivity contribution in [1.82, 2.24) is 0 Å². The number of furan rings is 1. The van der Waals surface area contributed by atoms with Crippen molar-refractivity contribution < 1.29 is 4.42 Å². The topological polar surface area (TPSA) is 13.1 Å². The SMILES string of the molecule is c1ccc(-c2ccc(-c3ccccc3-c3oc(-c4cccc(-c5ccccc5)c4)c4ccccc34)cc2)cc1. The molecule has 0 N–H and O–H groups in total. The summed E-state index contributed by atoms with van der Waals surface area (Å²) in [5, 5.41) is 2.23. The fourth-order valence-electron chi connectivity index (χ4n) is 5.38. The van der Waals surface area contributed by atoms with E-state index in [4.69, 9.17) is 4.42 Å². The van der Waals surface area contributed by atoms with Gasteiger partial charge in [0.15, 0.2) is 0 Å². The minimum Gasteiger partial charge on any atom is -0.455 e. The van der Waals surface area contributed by atoms with Crippen LogP contribution in [0, 0.1) is 0 Å². The van der Waals surface area contributed by atoms with Gasteiger partial charge in [0.1, 0.15) is 11.5 Å². The summed E-state index contributed by atoms with van der Waals surface area (Å²) in [7, 11) is 0. The van der Waals surface area contributed by atoms with E-state index in [1.54, 1.807) is 0 Å². The van der Waals surface area contributed by atoms with Gasteiger partial charge >= 0.3 is 0 Å². The van der Waals surface area contributed by atoms with Crippen LogP contribution in [0.5, 0.6) is 0 Å². The lowest BCUT2D eigenvalue weighted by atomic mass is 9.94. The standard InChI is InChI=1S/C38H26O/c1-3-12-27(13-4-1)29-22-24-30(25-23-29)33-18-7-8-19-34(33)38-36-21-10-9-20-35(36)37(39-38)32-17-11-16-31(26-32)28-14-5-2-6-15-28/h1-26H. The number of hydrogen-bond donors (Lipinski definition) is 0. The molecular weight excluding hydrogens is 472 g/mol. The molecule has 0 aliphatic carbocycles. The second-order valence-electron chi connectivity index (χ2n) is 9.74. The van der Waals surface area contributed by atoms with Gasteiger partial charge in [-0.05, 0) is 39.4 Å². The summed E-state index contributed by atoms with van der Waals surface area (Å²) in [6.07, 6.45) is 0. The summed E-state index contributed by atoms with van der Waals surface area (Å²) < 4.78 is 6.78. The normalized spacial score (nSPS) is 11.1. The smallest absolute Gasteiger partial charge is 0.143 e. The maximum absolute atomic E-state index is 6.78. The molecule has 0 saturated carbocycles. The highest BCUT2D eigenvalue weighted by Crippen LogP contribution is 2.43. The van der Waals surface area contributed by atoms with Crippen molar-refractivity contribution in [2.75, 3.05) is 0 Å². The van der Waals surface area contributed by atoms with E-state index in [1.807, 2.05) is 12.1 Å². The first kappa shape index (κ1) is 23.0. The molecule has 6 aromatic carbocycles. The molecule has 39 heavy (non-hydrogen) atoms. The molecule has 1 aromatic heterocycles. The highest BCUT2D eigenvalue weighted by molar-refractivity contribution is 6.05. The molecular formula is C38H26O. The van der Waals surface area contributed by atoms with Crippen molar-refractivity contribution in [3.05, 3.63) is 158 Å². The number of fused-ring (bicyclic) bond motifs is 1.